The van der Waals surface area contributed by atoms with Crippen LogP contribution in [0.4, 0.5) is 0 Å². The van der Waals surface area contributed by atoms with Crippen molar-refractivity contribution in [3.63, 3.8) is 0 Å². The number of carbonyl (C=O) groups excluding carboxylic acids is 1. The second kappa shape index (κ2) is 7.23. The molecule has 7 heteroatoms. The van der Waals surface area contributed by atoms with Gasteiger partial charge in [0.1, 0.15) is 0 Å². The molecule has 0 bridgehead atoms. The maximum absolute atomic E-state index is 11.9. The van der Waals surface area contributed by atoms with Crippen LogP contribution in [0.5, 0.6) is 0 Å². The second-order valence-corrected chi connectivity index (χ2v) is 8.68. The highest BCUT2D eigenvalue weighted by atomic mass is 79.9. The zero-order valence-corrected chi connectivity index (χ0v) is 18.3. The summed E-state index contributed by atoms with van der Waals surface area (Å²) < 4.78 is 5.75. The first-order valence-corrected chi connectivity index (χ1v) is 9.86. The molecule has 1 aromatic carbocycles. The normalized spacial score (nSPS) is 24.7. The molecule has 0 amide bonds. The van der Waals surface area contributed by atoms with E-state index in [-0.39, 0.29) is 11.5 Å². The lowest BCUT2D eigenvalue weighted by molar-refractivity contribution is 0.0601. The third-order valence-electron chi connectivity index (χ3n) is 5.00. The van der Waals surface area contributed by atoms with Gasteiger partial charge in [0, 0.05) is 39.1 Å². The molecule has 1 aliphatic carbocycles. The molecule has 0 N–H and O–H groups in total. The molecule has 1 aliphatic heterocycles. The molecule has 1 heterocycles. The summed E-state index contributed by atoms with van der Waals surface area (Å²) in [7, 11) is 3.34. The number of nitrogens with zero attached hydrogens (tertiary/aromatic N) is 1. The monoisotopic (exact) mass is 475 g/mol. The Morgan fingerprint density at radius 2 is 2.04 bits per heavy atom. The van der Waals surface area contributed by atoms with Gasteiger partial charge in [0.15, 0.2) is 0 Å². The highest BCUT2D eigenvalue weighted by Crippen LogP contribution is 2.49. The topological polar surface area (TPSA) is 29.5 Å². The summed E-state index contributed by atoms with van der Waals surface area (Å²) in [5.74, 6) is -0.486. The third kappa shape index (κ3) is 3.22. The molecule has 3 rings (SSSR count). The van der Waals surface area contributed by atoms with Gasteiger partial charge in [-0.2, -0.15) is 0 Å². The number of rotatable bonds is 3. The highest BCUT2D eigenvalue weighted by molar-refractivity contribution is 9.11. The Morgan fingerprint density at radius 1 is 1.35 bits per heavy atom. The predicted octanol–water partition coefficient (Wildman–Crippen LogP) is 5.94. The van der Waals surface area contributed by atoms with Crippen molar-refractivity contribution in [1.82, 2.24) is 4.90 Å². The van der Waals surface area contributed by atoms with Crippen LogP contribution in [0.25, 0.3) is 0 Å². The van der Waals surface area contributed by atoms with Crippen molar-refractivity contribution in [2.75, 3.05) is 14.2 Å². The van der Waals surface area contributed by atoms with Crippen LogP contribution in [0.3, 0.4) is 0 Å². The van der Waals surface area contributed by atoms with Crippen molar-refractivity contribution >= 4 is 56.7 Å². The maximum Gasteiger partial charge on any atom is 0.339 e. The van der Waals surface area contributed by atoms with Crippen LogP contribution < -0.4 is 0 Å². The van der Waals surface area contributed by atoms with E-state index in [9.17, 15) is 4.79 Å². The SMILES string of the molecule is COC(=O)c1ccc(Cl)c(CC2=CC3(C)C(Cl)=CC(Br)=CC3N2C)c1Cl. The Hall–Kier alpha value is -0.940. The Labute approximate surface area is 176 Å². The third-order valence-corrected chi connectivity index (χ3v) is 6.79. The standard InChI is InChI=1S/C19H17BrCl3NO2/c1-19-9-11(24(2)16(19)7-10(20)6-15(19)22)8-13-14(21)5-4-12(17(13)23)18(25)26-3/h4-7,9,16H,8H2,1-3H3. The zero-order chi connectivity index (χ0) is 19.2. The molecule has 0 saturated heterocycles. The van der Waals surface area contributed by atoms with E-state index < -0.39 is 5.97 Å². The van der Waals surface area contributed by atoms with Gasteiger partial charge in [0.25, 0.3) is 0 Å². The minimum atomic E-state index is -0.486. The lowest BCUT2D eigenvalue weighted by Crippen LogP contribution is -2.37. The summed E-state index contributed by atoms with van der Waals surface area (Å²) in [6.45, 7) is 2.10. The van der Waals surface area contributed by atoms with Crippen molar-refractivity contribution in [1.29, 1.82) is 0 Å². The largest absolute Gasteiger partial charge is 0.465 e. The Kier molecular flexibility index (Phi) is 5.51. The highest BCUT2D eigenvalue weighted by Gasteiger charge is 2.44. The van der Waals surface area contributed by atoms with Crippen LogP contribution in [-0.2, 0) is 11.2 Å². The van der Waals surface area contributed by atoms with Crippen molar-refractivity contribution in [2.45, 2.75) is 19.4 Å². The van der Waals surface area contributed by atoms with Gasteiger partial charge in [0.2, 0.25) is 0 Å². The maximum atomic E-state index is 11.9. The van der Waals surface area contributed by atoms with Crippen molar-refractivity contribution in [2.24, 2.45) is 5.41 Å². The van der Waals surface area contributed by atoms with Crippen LogP contribution >= 0.6 is 50.7 Å². The van der Waals surface area contributed by atoms with E-state index in [0.717, 1.165) is 15.2 Å². The zero-order valence-electron chi connectivity index (χ0n) is 14.4. The molecule has 0 aromatic heterocycles. The summed E-state index contributed by atoms with van der Waals surface area (Å²) in [6.07, 6.45) is 6.68. The Balaban J connectivity index is 2.01. The lowest BCUT2D eigenvalue weighted by Gasteiger charge is -2.36. The molecule has 2 aliphatic rings. The fourth-order valence-corrected chi connectivity index (χ4v) is 4.95. The minimum absolute atomic E-state index is 0.0886. The van der Waals surface area contributed by atoms with Crippen LogP contribution in [0.1, 0.15) is 22.8 Å². The number of fused-ring (bicyclic) bond motifs is 1. The number of benzene rings is 1. The van der Waals surface area contributed by atoms with Crippen LogP contribution in [-0.4, -0.2) is 31.1 Å². The van der Waals surface area contributed by atoms with Crippen molar-refractivity contribution < 1.29 is 9.53 Å². The van der Waals surface area contributed by atoms with Crippen molar-refractivity contribution in [3.8, 4) is 0 Å². The number of allylic oxidation sites excluding steroid dienone is 3. The fraction of sp³-hybridized carbons (Fsp3) is 0.316. The first-order valence-electron chi connectivity index (χ1n) is 7.93. The van der Waals surface area contributed by atoms with E-state index in [2.05, 4.69) is 39.9 Å². The Bertz CT molecular complexity index is 878. The van der Waals surface area contributed by atoms with Crippen LogP contribution in [0, 0.1) is 5.41 Å². The van der Waals surface area contributed by atoms with Gasteiger partial charge in [-0.05, 0) is 36.8 Å². The van der Waals surface area contributed by atoms with Crippen LogP contribution in [0.2, 0.25) is 10.0 Å². The number of halogens is 4. The fourth-order valence-electron chi connectivity index (χ4n) is 3.47. The number of methoxy groups -OCH3 is 1. The molecule has 3 nitrogen and oxygen atoms in total. The number of hydrogen-bond acceptors (Lipinski definition) is 3. The van der Waals surface area contributed by atoms with Crippen LogP contribution in [0.15, 0.2) is 45.6 Å². The molecule has 138 valence electrons. The summed E-state index contributed by atoms with van der Waals surface area (Å²) in [5, 5.41) is 1.59. The molecule has 2 atom stereocenters. The molecule has 26 heavy (non-hydrogen) atoms. The van der Waals surface area contributed by atoms with E-state index in [1.54, 1.807) is 12.1 Å². The number of carbonyl (C=O) groups is 1. The van der Waals surface area contributed by atoms with Gasteiger partial charge in [0.05, 0.1) is 23.7 Å². The Morgan fingerprint density at radius 3 is 2.69 bits per heavy atom. The van der Waals surface area contributed by atoms with Crippen molar-refractivity contribution in [3.05, 3.63) is 66.7 Å². The molecule has 0 spiro atoms. The molecule has 0 saturated carbocycles. The lowest BCUT2D eigenvalue weighted by atomic mass is 9.80. The number of ether oxygens (including phenoxy) is 1. The van der Waals surface area contributed by atoms with Gasteiger partial charge in [-0.15, -0.1) is 0 Å². The van der Waals surface area contributed by atoms with Gasteiger partial charge in [-0.1, -0.05) is 56.8 Å². The molecular formula is C19H17BrCl3NO2. The first kappa shape index (κ1) is 19.8. The van der Waals surface area contributed by atoms with Gasteiger partial charge < -0.3 is 9.64 Å². The van der Waals surface area contributed by atoms with Gasteiger partial charge in [-0.25, -0.2) is 4.79 Å². The molecule has 2 unspecified atom stereocenters. The van der Waals surface area contributed by atoms with Gasteiger partial charge >= 0.3 is 5.97 Å². The van der Waals surface area contributed by atoms with E-state index in [1.807, 2.05) is 13.1 Å². The smallest absolute Gasteiger partial charge is 0.339 e. The second-order valence-electron chi connectivity index (χ2n) is 6.57. The molecule has 0 radical (unpaired) electrons. The summed E-state index contributed by atoms with van der Waals surface area (Å²) in [6, 6.07) is 3.33. The quantitative estimate of drug-likeness (QED) is 0.505. The minimum Gasteiger partial charge on any atom is -0.465 e. The van der Waals surface area contributed by atoms with E-state index in [0.29, 0.717) is 27.6 Å². The average molecular weight is 478 g/mol. The first-order chi connectivity index (χ1) is 12.2. The van der Waals surface area contributed by atoms with E-state index in [1.165, 1.54) is 7.11 Å². The predicted molar refractivity (Wildman–Crippen MR) is 110 cm³/mol. The molecular weight excluding hydrogens is 460 g/mol. The number of likely N-dealkylation sites (N-methyl/N-ethyl adjacent to an activating group) is 1. The van der Waals surface area contributed by atoms with Gasteiger partial charge in [-0.3, -0.25) is 0 Å². The number of esters is 1. The summed E-state index contributed by atoms with van der Waals surface area (Å²) >= 11 is 22.9. The average Bonchev–Trinajstić information content (AvgIpc) is 2.83. The number of hydrogen-bond donors (Lipinski definition) is 0. The summed E-state index contributed by atoms with van der Waals surface area (Å²) in [4.78, 5) is 14.1. The van der Waals surface area contributed by atoms with E-state index >= 15 is 0 Å². The molecule has 1 aromatic rings. The summed E-state index contributed by atoms with van der Waals surface area (Å²) in [5.41, 5.74) is 1.72. The van der Waals surface area contributed by atoms with E-state index in [4.69, 9.17) is 39.5 Å². The molecule has 0 fully saturated rings.